The highest BCUT2D eigenvalue weighted by Gasteiger charge is 2.26. The maximum absolute atomic E-state index is 10.1. The fraction of sp³-hybridized carbons (Fsp3) is 0.200. The number of phenols is 1. The molecule has 24 heavy (non-hydrogen) atoms. The van der Waals surface area contributed by atoms with E-state index in [0.29, 0.717) is 12.1 Å². The highest BCUT2D eigenvalue weighted by molar-refractivity contribution is 6.32. The molecule has 3 nitrogen and oxygen atoms in total. The minimum Gasteiger partial charge on any atom is -0.507 e. The fourth-order valence-electron chi connectivity index (χ4n) is 3.08. The quantitative estimate of drug-likeness (QED) is 0.821. The molecule has 118 valence electrons. The molecule has 0 bridgehead atoms. The van der Waals surface area contributed by atoms with Crippen LogP contribution in [0.15, 0.2) is 36.4 Å². The third-order valence-corrected chi connectivity index (χ3v) is 4.28. The van der Waals surface area contributed by atoms with Gasteiger partial charge in [0.25, 0.3) is 0 Å². The molecular weight excluding hydrogens is 299 g/mol. The van der Waals surface area contributed by atoms with Crippen molar-refractivity contribution < 1.29 is 14.6 Å². The minimum absolute atomic E-state index is 0.163. The molecule has 0 aliphatic carbocycles. The van der Waals surface area contributed by atoms with Gasteiger partial charge >= 0.3 is 0 Å². The Morgan fingerprint density at radius 3 is 2.79 bits per heavy atom. The largest absolute Gasteiger partial charge is 0.507 e. The second-order valence-electron chi connectivity index (χ2n) is 6.67. The van der Waals surface area contributed by atoms with E-state index in [-0.39, 0.29) is 11.4 Å². The highest BCUT2D eigenvalue weighted by Crippen LogP contribution is 2.43. The van der Waals surface area contributed by atoms with Gasteiger partial charge in [0.1, 0.15) is 37.3 Å². The summed E-state index contributed by atoms with van der Waals surface area (Å²) in [5.74, 6) is 1.81. The lowest BCUT2D eigenvalue weighted by Gasteiger charge is -2.30. The number of hydrogen-bond donors (Lipinski definition) is 1. The van der Waals surface area contributed by atoms with Gasteiger partial charge in [0, 0.05) is 16.7 Å². The number of ether oxygens (including phenoxy) is 2. The van der Waals surface area contributed by atoms with Gasteiger partial charge < -0.3 is 14.6 Å². The molecule has 0 unspecified atom stereocenters. The molecule has 4 rings (SSSR count). The van der Waals surface area contributed by atoms with Crippen LogP contribution in [0.2, 0.25) is 0 Å². The fourth-order valence-corrected chi connectivity index (χ4v) is 3.08. The van der Waals surface area contributed by atoms with Crippen LogP contribution in [-0.2, 0) is 0 Å². The van der Waals surface area contributed by atoms with Gasteiger partial charge in [-0.2, -0.15) is 0 Å². The zero-order valence-corrected chi connectivity index (χ0v) is 13.7. The lowest BCUT2D eigenvalue weighted by Crippen LogP contribution is -2.27. The summed E-state index contributed by atoms with van der Waals surface area (Å²) in [6.45, 7) is 4.43. The first-order chi connectivity index (χ1) is 11.4. The standard InChI is InChI=1S/C20H17BO3/c1-20(2)8-7-16-18(24-20)6-3-12-9-13(11-23-19(12)16)15-5-4-14(21)10-17(15)22/h3-10,22H,11H2,1-2H3. The average molecular weight is 316 g/mol. The summed E-state index contributed by atoms with van der Waals surface area (Å²) in [7, 11) is 5.70. The predicted octanol–water partition coefficient (Wildman–Crippen LogP) is 3.30. The van der Waals surface area contributed by atoms with Crippen LogP contribution in [0.25, 0.3) is 17.7 Å². The van der Waals surface area contributed by atoms with Crippen LogP contribution in [0, 0.1) is 0 Å². The van der Waals surface area contributed by atoms with Gasteiger partial charge in [-0.25, -0.2) is 0 Å². The molecule has 0 spiro atoms. The summed E-state index contributed by atoms with van der Waals surface area (Å²) in [6, 6.07) is 9.09. The van der Waals surface area contributed by atoms with Crippen molar-refractivity contribution in [2.75, 3.05) is 6.61 Å². The number of hydrogen-bond acceptors (Lipinski definition) is 3. The van der Waals surface area contributed by atoms with Crippen LogP contribution < -0.4 is 14.9 Å². The van der Waals surface area contributed by atoms with E-state index in [1.807, 2.05) is 44.2 Å². The maximum atomic E-state index is 10.1. The first kappa shape index (κ1) is 14.9. The Morgan fingerprint density at radius 1 is 1.17 bits per heavy atom. The Morgan fingerprint density at radius 2 is 2.00 bits per heavy atom. The van der Waals surface area contributed by atoms with E-state index in [2.05, 4.69) is 6.08 Å². The van der Waals surface area contributed by atoms with Crippen molar-refractivity contribution in [2.45, 2.75) is 19.4 Å². The molecule has 2 aliphatic heterocycles. The van der Waals surface area contributed by atoms with E-state index in [9.17, 15) is 5.11 Å². The zero-order valence-electron chi connectivity index (χ0n) is 13.7. The van der Waals surface area contributed by atoms with Crippen LogP contribution in [0.3, 0.4) is 0 Å². The van der Waals surface area contributed by atoms with Crippen molar-refractivity contribution in [3.05, 3.63) is 53.1 Å². The Labute approximate surface area is 142 Å². The van der Waals surface area contributed by atoms with Crippen LogP contribution in [0.4, 0.5) is 0 Å². The second-order valence-corrected chi connectivity index (χ2v) is 6.67. The third-order valence-electron chi connectivity index (χ3n) is 4.28. The molecule has 0 saturated heterocycles. The first-order valence-corrected chi connectivity index (χ1v) is 7.90. The SMILES string of the molecule is [B]c1ccc(C2=Cc3ccc4c(c3OC2)C=CC(C)(C)O4)c(O)c1. The van der Waals surface area contributed by atoms with Crippen molar-refractivity contribution >= 4 is 31.0 Å². The smallest absolute Gasteiger partial charge is 0.137 e. The predicted molar refractivity (Wildman–Crippen MR) is 97.0 cm³/mol. The average Bonchev–Trinajstić information content (AvgIpc) is 2.53. The number of fused-ring (bicyclic) bond motifs is 3. The summed E-state index contributed by atoms with van der Waals surface area (Å²) in [5.41, 5.74) is 3.81. The van der Waals surface area contributed by atoms with E-state index < -0.39 is 0 Å². The van der Waals surface area contributed by atoms with Gasteiger partial charge in [-0.15, -0.1) is 0 Å². The summed E-state index contributed by atoms with van der Waals surface area (Å²) < 4.78 is 12.0. The second kappa shape index (κ2) is 5.20. The summed E-state index contributed by atoms with van der Waals surface area (Å²) >= 11 is 0. The number of phenolic OH excluding ortho intramolecular Hbond substituents is 1. The van der Waals surface area contributed by atoms with Crippen LogP contribution in [-0.4, -0.2) is 25.2 Å². The number of benzene rings is 2. The topological polar surface area (TPSA) is 38.7 Å². The Balaban J connectivity index is 1.78. The molecule has 2 aromatic carbocycles. The molecular formula is C20H17BO3. The number of rotatable bonds is 1. The molecule has 0 saturated carbocycles. The summed E-state index contributed by atoms with van der Waals surface area (Å²) in [4.78, 5) is 0. The van der Waals surface area contributed by atoms with Crippen LogP contribution in [0.1, 0.15) is 30.5 Å². The van der Waals surface area contributed by atoms with Gasteiger partial charge in [-0.3, -0.25) is 0 Å². The minimum atomic E-state index is -0.313. The molecule has 0 atom stereocenters. The van der Waals surface area contributed by atoms with Gasteiger partial charge in [-0.1, -0.05) is 17.6 Å². The molecule has 0 amide bonds. The summed E-state index contributed by atoms with van der Waals surface area (Å²) in [5, 5.41) is 10.1. The van der Waals surface area contributed by atoms with E-state index in [1.54, 1.807) is 12.1 Å². The molecule has 2 aliphatic rings. The van der Waals surface area contributed by atoms with Gasteiger partial charge in [-0.05, 0) is 50.3 Å². The summed E-state index contributed by atoms with van der Waals surface area (Å²) in [6.07, 6.45) is 6.12. The van der Waals surface area contributed by atoms with Crippen molar-refractivity contribution in [1.82, 2.24) is 0 Å². The molecule has 0 aromatic heterocycles. The number of aromatic hydroxyl groups is 1. The van der Waals surface area contributed by atoms with E-state index in [4.69, 9.17) is 17.3 Å². The van der Waals surface area contributed by atoms with Gasteiger partial charge in [0.15, 0.2) is 0 Å². The third kappa shape index (κ3) is 2.48. The lowest BCUT2D eigenvalue weighted by molar-refractivity contribution is 0.158. The van der Waals surface area contributed by atoms with E-state index in [0.717, 1.165) is 33.8 Å². The van der Waals surface area contributed by atoms with Crippen molar-refractivity contribution in [1.29, 1.82) is 0 Å². The van der Waals surface area contributed by atoms with E-state index >= 15 is 0 Å². The van der Waals surface area contributed by atoms with Gasteiger partial charge in [0.2, 0.25) is 0 Å². The van der Waals surface area contributed by atoms with Crippen molar-refractivity contribution in [2.24, 2.45) is 0 Å². The molecule has 4 heteroatoms. The molecule has 2 heterocycles. The molecule has 2 radical (unpaired) electrons. The Kier molecular flexibility index (Phi) is 3.24. The van der Waals surface area contributed by atoms with E-state index in [1.165, 1.54) is 0 Å². The molecule has 1 N–H and O–H groups in total. The Bertz CT molecular complexity index is 894. The molecule has 0 fully saturated rings. The lowest BCUT2D eigenvalue weighted by atomic mass is 9.91. The molecule has 2 aromatic rings. The van der Waals surface area contributed by atoms with Crippen LogP contribution in [0.5, 0.6) is 17.2 Å². The monoisotopic (exact) mass is 316 g/mol. The van der Waals surface area contributed by atoms with Gasteiger partial charge in [0.05, 0.1) is 5.56 Å². The van der Waals surface area contributed by atoms with Crippen molar-refractivity contribution in [3.63, 3.8) is 0 Å². The highest BCUT2D eigenvalue weighted by atomic mass is 16.5. The van der Waals surface area contributed by atoms with Crippen LogP contribution >= 0.6 is 0 Å². The van der Waals surface area contributed by atoms with Crippen molar-refractivity contribution in [3.8, 4) is 17.2 Å². The maximum Gasteiger partial charge on any atom is 0.137 e. The zero-order chi connectivity index (χ0) is 16.9. The first-order valence-electron chi connectivity index (χ1n) is 7.90. The Hall–Kier alpha value is -2.62. The normalized spacial score (nSPS) is 17.2.